The standard InChI is InChI=1S/C8H14O4S/c1-12-8(9)7-3-2-5-13(10,11)6-4-7/h7H,2-6H2,1H3/t7-/m1/s1. The second-order valence-corrected chi connectivity index (χ2v) is 5.61. The van der Waals surface area contributed by atoms with E-state index in [1.165, 1.54) is 7.11 Å². The van der Waals surface area contributed by atoms with Crippen molar-refractivity contribution >= 4 is 15.8 Å². The molecule has 0 aromatic rings. The maximum absolute atomic E-state index is 11.2. The molecule has 5 heteroatoms. The van der Waals surface area contributed by atoms with Crippen LogP contribution in [0.1, 0.15) is 19.3 Å². The quantitative estimate of drug-likeness (QED) is 0.582. The number of carbonyl (C=O) groups excluding carboxylic acids is 1. The third-order valence-electron chi connectivity index (χ3n) is 2.32. The van der Waals surface area contributed by atoms with Crippen LogP contribution < -0.4 is 0 Å². The molecule has 0 unspecified atom stereocenters. The van der Waals surface area contributed by atoms with E-state index in [9.17, 15) is 13.2 Å². The first-order valence-electron chi connectivity index (χ1n) is 4.33. The van der Waals surface area contributed by atoms with Crippen LogP contribution in [0.2, 0.25) is 0 Å². The molecular weight excluding hydrogens is 192 g/mol. The molecule has 0 radical (unpaired) electrons. The van der Waals surface area contributed by atoms with Crippen molar-refractivity contribution in [2.75, 3.05) is 18.6 Å². The van der Waals surface area contributed by atoms with E-state index in [0.29, 0.717) is 19.3 Å². The van der Waals surface area contributed by atoms with Gasteiger partial charge in [0.25, 0.3) is 0 Å². The number of sulfone groups is 1. The largest absolute Gasteiger partial charge is 0.469 e. The third kappa shape index (κ3) is 2.99. The number of hydrogen-bond acceptors (Lipinski definition) is 4. The molecule has 1 aliphatic rings. The van der Waals surface area contributed by atoms with E-state index >= 15 is 0 Å². The Balaban J connectivity index is 2.60. The van der Waals surface area contributed by atoms with Crippen molar-refractivity contribution in [3.05, 3.63) is 0 Å². The van der Waals surface area contributed by atoms with Crippen LogP contribution in [0.4, 0.5) is 0 Å². The van der Waals surface area contributed by atoms with Crippen molar-refractivity contribution in [1.82, 2.24) is 0 Å². The summed E-state index contributed by atoms with van der Waals surface area (Å²) in [7, 11) is -1.57. The average molecular weight is 206 g/mol. The van der Waals surface area contributed by atoms with Crippen LogP contribution in [0.5, 0.6) is 0 Å². The summed E-state index contributed by atoms with van der Waals surface area (Å²) >= 11 is 0. The molecule has 0 aromatic heterocycles. The zero-order chi connectivity index (χ0) is 9.90. The van der Waals surface area contributed by atoms with Gasteiger partial charge in [-0.1, -0.05) is 0 Å². The van der Waals surface area contributed by atoms with E-state index < -0.39 is 9.84 Å². The average Bonchev–Trinajstić information content (AvgIpc) is 2.25. The lowest BCUT2D eigenvalue weighted by Gasteiger charge is -2.09. The van der Waals surface area contributed by atoms with Crippen molar-refractivity contribution in [2.24, 2.45) is 5.92 Å². The fraction of sp³-hybridized carbons (Fsp3) is 0.875. The van der Waals surface area contributed by atoms with Crippen LogP contribution in [-0.2, 0) is 19.4 Å². The van der Waals surface area contributed by atoms with Gasteiger partial charge in [0.1, 0.15) is 9.84 Å². The lowest BCUT2D eigenvalue weighted by atomic mass is 10.0. The molecule has 1 saturated heterocycles. The van der Waals surface area contributed by atoms with Gasteiger partial charge < -0.3 is 4.74 Å². The van der Waals surface area contributed by atoms with Gasteiger partial charge >= 0.3 is 5.97 Å². The summed E-state index contributed by atoms with van der Waals surface area (Å²) in [5, 5.41) is 0. The molecule has 0 spiro atoms. The SMILES string of the molecule is COC(=O)[C@@H]1CCCS(=O)(=O)CC1. The Bertz CT molecular complexity index is 281. The highest BCUT2D eigenvalue weighted by atomic mass is 32.2. The summed E-state index contributed by atoms with van der Waals surface area (Å²) in [6.45, 7) is 0. The lowest BCUT2D eigenvalue weighted by molar-refractivity contribution is -0.145. The second-order valence-electron chi connectivity index (χ2n) is 3.30. The summed E-state index contributed by atoms with van der Waals surface area (Å²) < 4.78 is 26.9. The summed E-state index contributed by atoms with van der Waals surface area (Å²) in [6.07, 6.45) is 1.61. The molecular formula is C8H14O4S. The van der Waals surface area contributed by atoms with Gasteiger partial charge in [0.15, 0.2) is 0 Å². The second kappa shape index (κ2) is 4.09. The molecule has 1 aliphatic heterocycles. The zero-order valence-corrected chi connectivity index (χ0v) is 8.47. The van der Waals surface area contributed by atoms with Gasteiger partial charge in [0.2, 0.25) is 0 Å². The molecule has 1 heterocycles. The lowest BCUT2D eigenvalue weighted by Crippen LogP contribution is -2.17. The first-order valence-corrected chi connectivity index (χ1v) is 6.15. The Labute approximate surface area is 78.2 Å². The third-order valence-corrected chi connectivity index (χ3v) is 4.09. The molecule has 1 fully saturated rings. The Morgan fingerprint density at radius 2 is 2.00 bits per heavy atom. The van der Waals surface area contributed by atoms with Crippen molar-refractivity contribution in [3.8, 4) is 0 Å². The Kier molecular flexibility index (Phi) is 3.30. The number of hydrogen-bond donors (Lipinski definition) is 0. The number of carbonyl (C=O) groups is 1. The maximum atomic E-state index is 11.2. The summed E-state index contributed by atoms with van der Waals surface area (Å²) in [6, 6.07) is 0. The Morgan fingerprint density at radius 3 is 2.62 bits per heavy atom. The number of methoxy groups -OCH3 is 1. The predicted molar refractivity (Wildman–Crippen MR) is 48.0 cm³/mol. The fourth-order valence-corrected chi connectivity index (χ4v) is 2.97. The highest BCUT2D eigenvalue weighted by Gasteiger charge is 2.26. The minimum absolute atomic E-state index is 0.118. The fourth-order valence-electron chi connectivity index (χ4n) is 1.52. The number of esters is 1. The highest BCUT2D eigenvalue weighted by molar-refractivity contribution is 7.91. The first kappa shape index (κ1) is 10.5. The van der Waals surface area contributed by atoms with E-state index in [2.05, 4.69) is 4.74 Å². The predicted octanol–water partition coefficient (Wildman–Crippen LogP) is 0.374. The van der Waals surface area contributed by atoms with Gasteiger partial charge in [0.05, 0.1) is 24.5 Å². The topological polar surface area (TPSA) is 60.4 Å². The summed E-state index contributed by atoms with van der Waals surface area (Å²) in [5.41, 5.74) is 0. The van der Waals surface area contributed by atoms with Gasteiger partial charge in [-0.3, -0.25) is 4.79 Å². The summed E-state index contributed by atoms with van der Waals surface area (Å²) in [5.74, 6) is -0.174. The van der Waals surface area contributed by atoms with Crippen molar-refractivity contribution in [3.63, 3.8) is 0 Å². The van der Waals surface area contributed by atoms with E-state index in [4.69, 9.17) is 0 Å². The monoisotopic (exact) mass is 206 g/mol. The molecule has 0 aliphatic carbocycles. The van der Waals surface area contributed by atoms with Gasteiger partial charge in [-0.2, -0.15) is 0 Å². The van der Waals surface area contributed by atoms with Crippen LogP contribution in [0.3, 0.4) is 0 Å². The minimum atomic E-state index is -2.90. The molecule has 0 amide bonds. The van der Waals surface area contributed by atoms with Gasteiger partial charge in [-0.15, -0.1) is 0 Å². The number of rotatable bonds is 1. The summed E-state index contributed by atoms with van der Waals surface area (Å²) in [4.78, 5) is 11.1. The van der Waals surface area contributed by atoms with Crippen LogP contribution in [0, 0.1) is 5.92 Å². The maximum Gasteiger partial charge on any atom is 0.308 e. The van der Waals surface area contributed by atoms with Crippen LogP contribution in [0.25, 0.3) is 0 Å². The van der Waals surface area contributed by atoms with Crippen LogP contribution in [0.15, 0.2) is 0 Å². The zero-order valence-electron chi connectivity index (χ0n) is 7.65. The van der Waals surface area contributed by atoms with Crippen LogP contribution >= 0.6 is 0 Å². The van der Waals surface area contributed by atoms with E-state index in [1.807, 2.05) is 0 Å². The van der Waals surface area contributed by atoms with Gasteiger partial charge in [-0.25, -0.2) is 8.42 Å². The minimum Gasteiger partial charge on any atom is -0.469 e. The van der Waals surface area contributed by atoms with Gasteiger partial charge in [-0.05, 0) is 19.3 Å². The van der Waals surface area contributed by atoms with Crippen molar-refractivity contribution in [1.29, 1.82) is 0 Å². The van der Waals surface area contributed by atoms with Gasteiger partial charge in [0, 0.05) is 0 Å². The smallest absolute Gasteiger partial charge is 0.308 e. The molecule has 0 saturated carbocycles. The highest BCUT2D eigenvalue weighted by Crippen LogP contribution is 2.19. The molecule has 4 nitrogen and oxygen atoms in total. The van der Waals surface area contributed by atoms with Crippen molar-refractivity contribution in [2.45, 2.75) is 19.3 Å². The molecule has 76 valence electrons. The van der Waals surface area contributed by atoms with Crippen molar-refractivity contribution < 1.29 is 17.9 Å². The number of ether oxygens (including phenoxy) is 1. The first-order chi connectivity index (χ1) is 6.05. The molecule has 1 rings (SSSR count). The molecule has 13 heavy (non-hydrogen) atoms. The van der Waals surface area contributed by atoms with E-state index in [1.54, 1.807) is 0 Å². The van der Waals surface area contributed by atoms with E-state index in [0.717, 1.165) is 0 Å². The Morgan fingerprint density at radius 1 is 1.31 bits per heavy atom. The normalized spacial score (nSPS) is 27.6. The van der Waals surface area contributed by atoms with E-state index in [-0.39, 0.29) is 23.4 Å². The molecule has 0 N–H and O–H groups in total. The molecule has 0 bridgehead atoms. The molecule has 0 aromatic carbocycles. The Hall–Kier alpha value is -0.580. The molecule has 1 atom stereocenters. The van der Waals surface area contributed by atoms with Crippen LogP contribution in [-0.4, -0.2) is 33.0 Å².